The number of halogens is 1. The van der Waals surface area contributed by atoms with E-state index in [0.717, 1.165) is 50.3 Å². The molecular formula is C19H31ClN4O3S. The summed E-state index contributed by atoms with van der Waals surface area (Å²) in [5, 5.41) is 4.10. The van der Waals surface area contributed by atoms with Crippen LogP contribution in [0.4, 0.5) is 0 Å². The van der Waals surface area contributed by atoms with E-state index in [2.05, 4.69) is 26.2 Å². The molecule has 0 radical (unpaired) electrons. The lowest BCUT2D eigenvalue weighted by molar-refractivity contribution is 0.155. The lowest BCUT2D eigenvalue weighted by Crippen LogP contribution is -2.52. The first-order valence-corrected chi connectivity index (χ1v) is 12.1. The van der Waals surface area contributed by atoms with E-state index < -0.39 is 9.84 Å². The SMILES string of the molecule is CCNC(=NCCOCCS(C)(=O)=O)N1CCN(Cc2cccc(Cl)c2)CC1. The minimum atomic E-state index is -2.98. The van der Waals surface area contributed by atoms with Crippen molar-refractivity contribution in [1.82, 2.24) is 15.1 Å². The molecule has 2 rings (SSSR count). The van der Waals surface area contributed by atoms with Crippen LogP contribution in [-0.4, -0.2) is 88.7 Å². The summed E-state index contributed by atoms with van der Waals surface area (Å²) in [7, 11) is -2.98. The van der Waals surface area contributed by atoms with Crippen LogP contribution in [0.25, 0.3) is 0 Å². The van der Waals surface area contributed by atoms with Gasteiger partial charge in [-0.2, -0.15) is 0 Å². The molecule has 0 amide bonds. The van der Waals surface area contributed by atoms with Crippen molar-refractivity contribution in [1.29, 1.82) is 0 Å². The second kappa shape index (κ2) is 11.6. The van der Waals surface area contributed by atoms with Gasteiger partial charge in [0.1, 0.15) is 9.84 Å². The highest BCUT2D eigenvalue weighted by atomic mass is 35.5. The Morgan fingerprint density at radius 3 is 2.64 bits per heavy atom. The van der Waals surface area contributed by atoms with Gasteiger partial charge in [0.15, 0.2) is 5.96 Å². The quantitative estimate of drug-likeness (QED) is 0.363. The predicted octanol–water partition coefficient (Wildman–Crippen LogP) is 1.48. The summed E-state index contributed by atoms with van der Waals surface area (Å²) in [6.07, 6.45) is 1.21. The molecule has 1 aliphatic heterocycles. The molecule has 1 heterocycles. The molecule has 0 bridgehead atoms. The predicted molar refractivity (Wildman–Crippen MR) is 115 cm³/mol. The highest BCUT2D eigenvalue weighted by molar-refractivity contribution is 7.90. The third kappa shape index (κ3) is 8.77. The van der Waals surface area contributed by atoms with Crippen LogP contribution >= 0.6 is 11.6 Å². The maximum Gasteiger partial charge on any atom is 0.194 e. The average Bonchev–Trinajstić information content (AvgIpc) is 2.63. The normalized spacial score (nSPS) is 16.4. The van der Waals surface area contributed by atoms with Gasteiger partial charge < -0.3 is 15.0 Å². The fraction of sp³-hybridized carbons (Fsp3) is 0.632. The molecule has 0 saturated carbocycles. The van der Waals surface area contributed by atoms with E-state index >= 15 is 0 Å². The molecule has 9 heteroatoms. The highest BCUT2D eigenvalue weighted by Crippen LogP contribution is 2.14. The van der Waals surface area contributed by atoms with Gasteiger partial charge in [-0.25, -0.2) is 8.42 Å². The van der Waals surface area contributed by atoms with Crippen molar-refractivity contribution in [3.05, 3.63) is 34.9 Å². The zero-order chi connectivity index (χ0) is 20.4. The molecule has 0 spiro atoms. The molecule has 158 valence electrons. The van der Waals surface area contributed by atoms with Crippen molar-refractivity contribution in [3.8, 4) is 0 Å². The highest BCUT2D eigenvalue weighted by Gasteiger charge is 2.19. The largest absolute Gasteiger partial charge is 0.378 e. The molecule has 1 N–H and O–H groups in total. The molecule has 0 atom stereocenters. The lowest BCUT2D eigenvalue weighted by Gasteiger charge is -2.36. The third-order valence-electron chi connectivity index (χ3n) is 4.40. The third-order valence-corrected chi connectivity index (χ3v) is 5.54. The van der Waals surface area contributed by atoms with E-state index in [0.29, 0.717) is 13.2 Å². The zero-order valence-corrected chi connectivity index (χ0v) is 18.3. The first-order valence-electron chi connectivity index (χ1n) is 9.63. The molecule has 7 nitrogen and oxygen atoms in total. The monoisotopic (exact) mass is 430 g/mol. The van der Waals surface area contributed by atoms with Crippen LogP contribution in [0.2, 0.25) is 5.02 Å². The first kappa shape index (κ1) is 22.9. The van der Waals surface area contributed by atoms with Gasteiger partial charge in [-0.05, 0) is 24.6 Å². The number of sulfone groups is 1. The Labute approximate surface area is 173 Å². The van der Waals surface area contributed by atoms with Crippen LogP contribution < -0.4 is 5.32 Å². The fourth-order valence-corrected chi connectivity index (χ4v) is 3.60. The minimum absolute atomic E-state index is 0.0470. The van der Waals surface area contributed by atoms with Crippen molar-refractivity contribution in [2.45, 2.75) is 13.5 Å². The Balaban J connectivity index is 1.76. The van der Waals surface area contributed by atoms with Gasteiger partial charge in [0.25, 0.3) is 0 Å². The number of aliphatic imine (C=N–C) groups is 1. The fourth-order valence-electron chi connectivity index (χ4n) is 2.97. The molecule has 28 heavy (non-hydrogen) atoms. The van der Waals surface area contributed by atoms with Gasteiger partial charge >= 0.3 is 0 Å². The Morgan fingerprint density at radius 1 is 1.25 bits per heavy atom. The van der Waals surface area contributed by atoms with Crippen molar-refractivity contribution < 1.29 is 13.2 Å². The summed E-state index contributed by atoms with van der Waals surface area (Å²) in [5.41, 5.74) is 1.23. The van der Waals surface area contributed by atoms with Gasteiger partial charge in [-0.1, -0.05) is 23.7 Å². The Bertz CT molecular complexity index is 734. The second-order valence-electron chi connectivity index (χ2n) is 6.87. The van der Waals surface area contributed by atoms with E-state index in [4.69, 9.17) is 16.3 Å². The molecule has 1 aromatic carbocycles. The van der Waals surface area contributed by atoms with Crippen LogP contribution in [0.5, 0.6) is 0 Å². The van der Waals surface area contributed by atoms with Crippen LogP contribution in [0.1, 0.15) is 12.5 Å². The van der Waals surface area contributed by atoms with Crippen LogP contribution in [0, 0.1) is 0 Å². The van der Waals surface area contributed by atoms with Crippen LogP contribution in [-0.2, 0) is 21.1 Å². The second-order valence-corrected chi connectivity index (χ2v) is 9.57. The van der Waals surface area contributed by atoms with Crippen molar-refractivity contribution in [2.75, 3.05) is 64.5 Å². The van der Waals surface area contributed by atoms with Gasteiger partial charge in [-0.3, -0.25) is 9.89 Å². The zero-order valence-electron chi connectivity index (χ0n) is 16.7. The van der Waals surface area contributed by atoms with E-state index in [-0.39, 0.29) is 12.4 Å². The van der Waals surface area contributed by atoms with Gasteiger partial charge in [0.2, 0.25) is 0 Å². The summed E-state index contributed by atoms with van der Waals surface area (Å²) in [6, 6.07) is 8.01. The molecule has 0 aromatic heterocycles. The molecule has 1 aromatic rings. The van der Waals surface area contributed by atoms with Crippen molar-refractivity contribution >= 4 is 27.4 Å². The summed E-state index contributed by atoms with van der Waals surface area (Å²) in [4.78, 5) is 9.29. The minimum Gasteiger partial charge on any atom is -0.378 e. The van der Waals surface area contributed by atoms with E-state index in [1.165, 1.54) is 11.8 Å². The molecule has 1 aliphatic rings. The number of piperazine rings is 1. The number of ether oxygens (including phenoxy) is 1. The lowest BCUT2D eigenvalue weighted by atomic mass is 10.2. The number of nitrogens with zero attached hydrogens (tertiary/aromatic N) is 3. The molecule has 0 unspecified atom stereocenters. The maximum absolute atomic E-state index is 11.1. The number of guanidine groups is 1. The number of hydrogen-bond acceptors (Lipinski definition) is 5. The summed E-state index contributed by atoms with van der Waals surface area (Å²) >= 11 is 6.07. The molecular weight excluding hydrogens is 400 g/mol. The van der Waals surface area contributed by atoms with Gasteiger partial charge in [0, 0.05) is 50.5 Å². The standard InChI is InChI=1S/C19H31ClN4O3S/c1-3-21-19(22-7-12-27-13-14-28(2,25)26)24-10-8-23(9-11-24)16-17-5-4-6-18(20)15-17/h4-6,15H,3,7-14,16H2,1-2H3,(H,21,22). The van der Waals surface area contributed by atoms with Crippen LogP contribution in [0.15, 0.2) is 29.3 Å². The molecule has 0 aliphatic carbocycles. The van der Waals surface area contributed by atoms with Crippen molar-refractivity contribution in [3.63, 3.8) is 0 Å². The number of benzene rings is 1. The van der Waals surface area contributed by atoms with E-state index in [1.807, 2.05) is 25.1 Å². The Morgan fingerprint density at radius 2 is 2.00 bits per heavy atom. The molecule has 1 saturated heterocycles. The number of nitrogens with one attached hydrogen (secondary N) is 1. The van der Waals surface area contributed by atoms with E-state index in [9.17, 15) is 8.42 Å². The maximum atomic E-state index is 11.1. The first-order chi connectivity index (χ1) is 13.4. The topological polar surface area (TPSA) is 74.2 Å². The van der Waals surface area contributed by atoms with Crippen LogP contribution in [0.3, 0.4) is 0 Å². The van der Waals surface area contributed by atoms with Gasteiger partial charge in [0.05, 0.1) is 25.5 Å². The summed E-state index contributed by atoms with van der Waals surface area (Å²) < 4.78 is 27.5. The van der Waals surface area contributed by atoms with E-state index in [1.54, 1.807) is 0 Å². The summed E-state index contributed by atoms with van der Waals surface area (Å²) in [5.74, 6) is 0.933. The van der Waals surface area contributed by atoms with Crippen molar-refractivity contribution in [2.24, 2.45) is 4.99 Å². The Kier molecular flexibility index (Phi) is 9.50. The Hall–Kier alpha value is -1.35. The smallest absolute Gasteiger partial charge is 0.194 e. The average molecular weight is 431 g/mol. The van der Waals surface area contributed by atoms with Gasteiger partial charge in [-0.15, -0.1) is 0 Å². The molecule has 1 fully saturated rings. The summed E-state index contributed by atoms with van der Waals surface area (Å²) in [6.45, 7) is 8.62. The number of hydrogen-bond donors (Lipinski definition) is 1. The number of rotatable bonds is 9.